The quantitative estimate of drug-likeness (QED) is 0.806. The first-order valence-electron chi connectivity index (χ1n) is 6.05. The molecule has 0 aliphatic heterocycles. The van der Waals surface area contributed by atoms with Gasteiger partial charge in [-0.3, -0.25) is 4.79 Å². The second-order valence-corrected chi connectivity index (χ2v) is 7.22. The molecule has 1 aliphatic carbocycles. The van der Waals surface area contributed by atoms with Gasteiger partial charge in [0.05, 0.1) is 12.4 Å². The van der Waals surface area contributed by atoms with E-state index in [0.29, 0.717) is 11.3 Å². The van der Waals surface area contributed by atoms with Crippen LogP contribution in [-0.4, -0.2) is 44.7 Å². The summed E-state index contributed by atoms with van der Waals surface area (Å²) in [7, 11) is -1.98. The predicted octanol–water partition coefficient (Wildman–Crippen LogP) is 0.235. The number of nitrogens with two attached hydrogens (primary N) is 1. The van der Waals surface area contributed by atoms with Crippen molar-refractivity contribution in [3.8, 4) is 5.75 Å². The molecule has 0 radical (unpaired) electrons. The highest BCUT2D eigenvalue weighted by molar-refractivity contribution is 7.91. The summed E-state index contributed by atoms with van der Waals surface area (Å²) in [4.78, 5) is 11.5. The Balaban J connectivity index is 2.46. The highest BCUT2D eigenvalue weighted by Crippen LogP contribution is 2.62. The minimum atomic E-state index is -3.50. The van der Waals surface area contributed by atoms with Crippen LogP contribution in [0.5, 0.6) is 5.75 Å². The zero-order valence-electron chi connectivity index (χ0n) is 11.2. The Bertz CT molecular complexity index is 625. The van der Waals surface area contributed by atoms with Gasteiger partial charge in [-0.15, -0.1) is 0 Å². The van der Waals surface area contributed by atoms with Crippen molar-refractivity contribution in [2.75, 3.05) is 19.9 Å². The summed E-state index contributed by atoms with van der Waals surface area (Å²) in [6.07, 6.45) is 1.05. The van der Waals surface area contributed by atoms with Crippen LogP contribution in [0.15, 0.2) is 24.3 Å². The molecule has 1 aromatic carbocycles. The largest absolute Gasteiger partial charge is 0.497 e. The Labute approximate surface area is 117 Å². The van der Waals surface area contributed by atoms with E-state index in [2.05, 4.69) is 0 Å². The molecular weight excluding hydrogens is 282 g/mol. The number of hydrogen-bond acceptors (Lipinski definition) is 5. The SMILES string of the molecule is COc1ccc([C@H]2[C@H](S(C)(=O)=O)[C@@]2(CN)C(=O)O)cc1. The lowest BCUT2D eigenvalue weighted by Gasteiger charge is -2.09. The molecule has 0 heterocycles. The summed E-state index contributed by atoms with van der Waals surface area (Å²) in [5, 5.41) is 8.42. The molecular formula is C13H17NO5S. The van der Waals surface area contributed by atoms with Crippen LogP contribution >= 0.6 is 0 Å². The summed E-state index contributed by atoms with van der Waals surface area (Å²) >= 11 is 0. The van der Waals surface area contributed by atoms with E-state index in [0.717, 1.165) is 6.26 Å². The van der Waals surface area contributed by atoms with Gasteiger partial charge in [-0.2, -0.15) is 0 Å². The van der Waals surface area contributed by atoms with Crippen LogP contribution in [0.25, 0.3) is 0 Å². The van der Waals surface area contributed by atoms with Gasteiger partial charge in [0.1, 0.15) is 11.2 Å². The average molecular weight is 299 g/mol. The second kappa shape index (κ2) is 4.75. The van der Waals surface area contributed by atoms with Crippen LogP contribution in [0.2, 0.25) is 0 Å². The van der Waals surface area contributed by atoms with Crippen LogP contribution in [0, 0.1) is 5.41 Å². The van der Waals surface area contributed by atoms with Gasteiger partial charge in [-0.05, 0) is 17.7 Å². The number of hydrogen-bond donors (Lipinski definition) is 2. The fourth-order valence-corrected chi connectivity index (χ4v) is 4.83. The van der Waals surface area contributed by atoms with Crippen molar-refractivity contribution in [1.82, 2.24) is 0 Å². The lowest BCUT2D eigenvalue weighted by atomic mass is 9.99. The minimum Gasteiger partial charge on any atom is -0.497 e. The Hall–Kier alpha value is -1.60. The molecule has 110 valence electrons. The summed E-state index contributed by atoms with van der Waals surface area (Å²) in [5.41, 5.74) is 4.79. The molecule has 0 unspecified atom stereocenters. The van der Waals surface area contributed by atoms with E-state index in [-0.39, 0.29) is 6.54 Å². The standard InChI is InChI=1S/C13H17NO5S/c1-19-9-5-3-8(4-6-9)10-11(20(2,17)18)13(10,7-14)12(15)16/h3-6,10-11H,7,14H2,1-2H3,(H,15,16)/t10-,11-,13-/m0/s1. The van der Waals surface area contributed by atoms with Gasteiger partial charge in [0, 0.05) is 18.7 Å². The lowest BCUT2D eigenvalue weighted by Crippen LogP contribution is -2.31. The average Bonchev–Trinajstić information content (AvgIpc) is 3.09. The molecule has 0 bridgehead atoms. The Morgan fingerprint density at radius 3 is 2.25 bits per heavy atom. The maximum Gasteiger partial charge on any atom is 0.312 e. The number of carboxylic acid groups (broad SMARTS) is 1. The van der Waals surface area contributed by atoms with E-state index in [4.69, 9.17) is 10.5 Å². The Kier molecular flexibility index (Phi) is 3.51. The summed E-state index contributed by atoms with van der Waals surface area (Å²) in [5.74, 6) is -1.17. The third kappa shape index (κ3) is 2.06. The smallest absolute Gasteiger partial charge is 0.312 e. The van der Waals surface area contributed by atoms with Crippen LogP contribution in [-0.2, 0) is 14.6 Å². The maximum atomic E-state index is 11.8. The molecule has 1 aromatic rings. The molecule has 1 fully saturated rings. The number of sulfone groups is 1. The molecule has 1 aliphatic rings. The highest BCUT2D eigenvalue weighted by atomic mass is 32.2. The van der Waals surface area contributed by atoms with E-state index in [1.54, 1.807) is 24.3 Å². The van der Waals surface area contributed by atoms with Crippen LogP contribution in [0.3, 0.4) is 0 Å². The number of carbonyl (C=O) groups is 1. The normalized spacial score (nSPS) is 28.9. The summed E-state index contributed by atoms with van der Waals surface area (Å²) in [6.45, 7) is -0.212. The van der Waals surface area contributed by atoms with Crippen molar-refractivity contribution in [2.45, 2.75) is 11.2 Å². The van der Waals surface area contributed by atoms with Gasteiger partial charge in [0.2, 0.25) is 0 Å². The number of rotatable bonds is 5. The van der Waals surface area contributed by atoms with Gasteiger partial charge in [0.15, 0.2) is 9.84 Å². The zero-order valence-corrected chi connectivity index (χ0v) is 12.1. The van der Waals surface area contributed by atoms with Gasteiger partial charge >= 0.3 is 5.97 Å². The molecule has 0 saturated heterocycles. The van der Waals surface area contributed by atoms with Crippen molar-refractivity contribution < 1.29 is 23.1 Å². The lowest BCUT2D eigenvalue weighted by molar-refractivity contribution is -0.143. The molecule has 3 atom stereocenters. The van der Waals surface area contributed by atoms with Gasteiger partial charge in [-0.1, -0.05) is 12.1 Å². The second-order valence-electron chi connectivity index (χ2n) is 5.05. The van der Waals surface area contributed by atoms with Crippen LogP contribution < -0.4 is 10.5 Å². The maximum absolute atomic E-state index is 11.8. The number of aliphatic carboxylic acids is 1. The van der Waals surface area contributed by atoms with E-state index < -0.39 is 32.4 Å². The molecule has 0 amide bonds. The van der Waals surface area contributed by atoms with Gasteiger partial charge < -0.3 is 15.6 Å². The molecule has 2 rings (SSSR count). The van der Waals surface area contributed by atoms with Crippen molar-refractivity contribution in [3.05, 3.63) is 29.8 Å². The number of benzene rings is 1. The van der Waals surface area contributed by atoms with E-state index >= 15 is 0 Å². The molecule has 6 nitrogen and oxygen atoms in total. The number of carboxylic acids is 1. The number of methoxy groups -OCH3 is 1. The van der Waals surface area contributed by atoms with Crippen LogP contribution in [0.4, 0.5) is 0 Å². The zero-order chi connectivity index (χ0) is 15.1. The number of ether oxygens (including phenoxy) is 1. The van der Waals surface area contributed by atoms with E-state index in [1.165, 1.54) is 7.11 Å². The Morgan fingerprint density at radius 2 is 1.95 bits per heavy atom. The molecule has 0 spiro atoms. The van der Waals surface area contributed by atoms with E-state index in [1.807, 2.05) is 0 Å². The first-order valence-corrected chi connectivity index (χ1v) is 8.00. The topological polar surface area (TPSA) is 107 Å². The molecule has 0 aromatic heterocycles. The van der Waals surface area contributed by atoms with Gasteiger partial charge in [-0.25, -0.2) is 8.42 Å². The monoisotopic (exact) mass is 299 g/mol. The molecule has 1 saturated carbocycles. The summed E-state index contributed by atoms with van der Waals surface area (Å²) in [6, 6.07) is 6.72. The molecule has 20 heavy (non-hydrogen) atoms. The minimum absolute atomic E-state index is 0.212. The van der Waals surface area contributed by atoms with Crippen molar-refractivity contribution in [3.63, 3.8) is 0 Å². The van der Waals surface area contributed by atoms with Crippen molar-refractivity contribution >= 4 is 15.8 Å². The molecule has 3 N–H and O–H groups in total. The predicted molar refractivity (Wildman–Crippen MR) is 73.5 cm³/mol. The Morgan fingerprint density at radius 1 is 1.40 bits per heavy atom. The van der Waals surface area contributed by atoms with E-state index in [9.17, 15) is 18.3 Å². The fraction of sp³-hybridized carbons (Fsp3) is 0.462. The third-order valence-corrected chi connectivity index (χ3v) is 5.54. The van der Waals surface area contributed by atoms with Crippen molar-refractivity contribution in [2.24, 2.45) is 11.1 Å². The molecule has 7 heteroatoms. The van der Waals surface area contributed by atoms with Crippen molar-refractivity contribution in [1.29, 1.82) is 0 Å². The first-order chi connectivity index (χ1) is 9.29. The van der Waals surface area contributed by atoms with Crippen LogP contribution in [0.1, 0.15) is 11.5 Å². The third-order valence-electron chi connectivity index (χ3n) is 3.93. The summed E-state index contributed by atoms with van der Waals surface area (Å²) < 4.78 is 28.7. The first kappa shape index (κ1) is 14.8. The highest BCUT2D eigenvalue weighted by Gasteiger charge is 2.74. The fourth-order valence-electron chi connectivity index (χ4n) is 2.90. The van der Waals surface area contributed by atoms with Gasteiger partial charge in [0.25, 0.3) is 0 Å².